The van der Waals surface area contributed by atoms with Crippen molar-refractivity contribution >= 4 is 28.2 Å². The van der Waals surface area contributed by atoms with Crippen LogP contribution in [-0.2, 0) is 6.54 Å². The van der Waals surface area contributed by atoms with Gasteiger partial charge < -0.3 is 5.32 Å². The summed E-state index contributed by atoms with van der Waals surface area (Å²) in [5.74, 6) is -0.401. The van der Waals surface area contributed by atoms with Gasteiger partial charge in [0, 0.05) is 17.6 Å². The number of aromatic amines is 1. The second kappa shape index (κ2) is 4.90. The number of H-pyrrole nitrogens is 1. The smallest absolute Gasteiger partial charge is 0.141 e. The van der Waals surface area contributed by atoms with E-state index in [0.717, 1.165) is 22.2 Å². The minimum atomic E-state index is -0.401. The molecule has 0 atom stereocenters. The molecule has 5 heteroatoms. The highest BCUT2D eigenvalue weighted by Gasteiger charge is 2.04. The first kappa shape index (κ1) is 12.0. The molecule has 0 aliphatic heterocycles. The van der Waals surface area contributed by atoms with Gasteiger partial charge in [-0.05, 0) is 29.8 Å². The number of rotatable bonds is 3. The first-order valence-electron chi connectivity index (χ1n) is 5.84. The molecule has 1 heterocycles. The highest BCUT2D eigenvalue weighted by molar-refractivity contribution is 6.30. The Balaban J connectivity index is 1.82. The van der Waals surface area contributed by atoms with Crippen LogP contribution in [0.25, 0.3) is 10.9 Å². The molecular weight excluding hydrogens is 265 g/mol. The van der Waals surface area contributed by atoms with Crippen molar-refractivity contribution in [3.8, 4) is 0 Å². The number of benzene rings is 2. The van der Waals surface area contributed by atoms with Gasteiger partial charge in [0.05, 0.1) is 16.7 Å². The standard InChI is InChI=1S/C14H11ClFN3/c15-11-6-9(4-5-12(11)16)7-17-13-2-1-3-14-10(13)8-18-19-14/h1-6,8,17H,7H2,(H,18,19). The van der Waals surface area contributed by atoms with Crippen LogP contribution < -0.4 is 5.32 Å². The van der Waals surface area contributed by atoms with Crippen LogP contribution in [0.15, 0.2) is 42.6 Å². The van der Waals surface area contributed by atoms with Crippen molar-refractivity contribution in [1.29, 1.82) is 0 Å². The molecule has 1 aromatic heterocycles. The van der Waals surface area contributed by atoms with Gasteiger partial charge in [-0.25, -0.2) is 4.39 Å². The number of anilines is 1. The Kier molecular flexibility index (Phi) is 3.09. The van der Waals surface area contributed by atoms with E-state index in [1.165, 1.54) is 6.07 Å². The molecule has 2 N–H and O–H groups in total. The average Bonchev–Trinajstić information content (AvgIpc) is 2.89. The van der Waals surface area contributed by atoms with Gasteiger partial charge in [0.25, 0.3) is 0 Å². The Hall–Kier alpha value is -2.07. The van der Waals surface area contributed by atoms with Crippen LogP contribution in [0.3, 0.4) is 0 Å². The molecule has 0 bridgehead atoms. The van der Waals surface area contributed by atoms with Crippen molar-refractivity contribution in [2.45, 2.75) is 6.54 Å². The average molecular weight is 276 g/mol. The summed E-state index contributed by atoms with van der Waals surface area (Å²) in [7, 11) is 0. The van der Waals surface area contributed by atoms with Gasteiger partial charge in [-0.1, -0.05) is 23.7 Å². The first-order chi connectivity index (χ1) is 9.24. The second-order valence-corrected chi connectivity index (χ2v) is 4.65. The molecule has 3 rings (SSSR count). The molecule has 0 saturated carbocycles. The van der Waals surface area contributed by atoms with Crippen molar-refractivity contribution in [1.82, 2.24) is 10.2 Å². The molecule has 0 fully saturated rings. The van der Waals surface area contributed by atoms with E-state index in [4.69, 9.17) is 11.6 Å². The van der Waals surface area contributed by atoms with Crippen molar-refractivity contribution in [3.05, 3.63) is 59.0 Å². The normalized spacial score (nSPS) is 10.8. The number of halogens is 2. The Morgan fingerprint density at radius 1 is 1.26 bits per heavy atom. The molecule has 3 nitrogen and oxygen atoms in total. The lowest BCUT2D eigenvalue weighted by Gasteiger charge is -2.08. The molecule has 0 amide bonds. The van der Waals surface area contributed by atoms with Crippen LogP contribution >= 0.6 is 11.6 Å². The maximum Gasteiger partial charge on any atom is 0.141 e. The molecule has 0 aliphatic rings. The van der Waals surface area contributed by atoms with E-state index in [2.05, 4.69) is 15.5 Å². The van der Waals surface area contributed by atoms with Crippen LogP contribution in [0.1, 0.15) is 5.56 Å². The summed E-state index contributed by atoms with van der Waals surface area (Å²) < 4.78 is 13.1. The van der Waals surface area contributed by atoms with Crippen molar-refractivity contribution < 1.29 is 4.39 Å². The molecule has 96 valence electrons. The van der Waals surface area contributed by atoms with Gasteiger partial charge in [-0.2, -0.15) is 5.10 Å². The van der Waals surface area contributed by atoms with Crippen LogP contribution in [0.5, 0.6) is 0 Å². The SMILES string of the molecule is Fc1ccc(CNc2cccc3[nH]ncc23)cc1Cl. The van der Waals surface area contributed by atoms with Crippen molar-refractivity contribution in [2.24, 2.45) is 0 Å². The fourth-order valence-electron chi connectivity index (χ4n) is 1.97. The van der Waals surface area contributed by atoms with E-state index in [1.807, 2.05) is 18.2 Å². The predicted molar refractivity (Wildman–Crippen MR) is 74.8 cm³/mol. The summed E-state index contributed by atoms with van der Waals surface area (Å²) in [5, 5.41) is 11.4. The summed E-state index contributed by atoms with van der Waals surface area (Å²) in [5.41, 5.74) is 2.88. The Morgan fingerprint density at radius 3 is 3.00 bits per heavy atom. The maximum absolute atomic E-state index is 13.1. The van der Waals surface area contributed by atoms with Crippen LogP contribution in [0.4, 0.5) is 10.1 Å². The zero-order chi connectivity index (χ0) is 13.2. The number of fused-ring (bicyclic) bond motifs is 1. The largest absolute Gasteiger partial charge is 0.380 e. The quantitative estimate of drug-likeness (QED) is 0.759. The van der Waals surface area contributed by atoms with Crippen LogP contribution in [0, 0.1) is 5.82 Å². The second-order valence-electron chi connectivity index (χ2n) is 4.24. The zero-order valence-electron chi connectivity index (χ0n) is 9.95. The fourth-order valence-corrected chi connectivity index (χ4v) is 2.17. The third-order valence-corrected chi connectivity index (χ3v) is 3.24. The molecule has 0 saturated heterocycles. The van der Waals surface area contributed by atoms with E-state index < -0.39 is 5.82 Å². The Bertz CT molecular complexity index is 724. The number of hydrogen-bond donors (Lipinski definition) is 2. The van der Waals surface area contributed by atoms with Crippen LogP contribution in [0.2, 0.25) is 5.02 Å². The minimum absolute atomic E-state index is 0.140. The monoisotopic (exact) mass is 275 g/mol. The lowest BCUT2D eigenvalue weighted by Crippen LogP contribution is -1.99. The Morgan fingerprint density at radius 2 is 2.16 bits per heavy atom. The number of nitrogens with zero attached hydrogens (tertiary/aromatic N) is 1. The fraction of sp³-hybridized carbons (Fsp3) is 0.0714. The molecule has 0 radical (unpaired) electrons. The summed E-state index contributed by atoms with van der Waals surface area (Å²) in [6.07, 6.45) is 1.77. The van der Waals surface area contributed by atoms with Crippen LogP contribution in [-0.4, -0.2) is 10.2 Å². The molecule has 0 aliphatic carbocycles. The number of aromatic nitrogens is 2. The summed E-state index contributed by atoms with van der Waals surface area (Å²) in [6.45, 7) is 0.574. The lowest BCUT2D eigenvalue weighted by molar-refractivity contribution is 0.627. The minimum Gasteiger partial charge on any atom is -0.380 e. The van der Waals surface area contributed by atoms with Gasteiger partial charge in [0.1, 0.15) is 5.82 Å². The van der Waals surface area contributed by atoms with Gasteiger partial charge in [-0.3, -0.25) is 5.10 Å². The topological polar surface area (TPSA) is 40.7 Å². The van der Waals surface area contributed by atoms with Crippen molar-refractivity contribution in [3.63, 3.8) is 0 Å². The van der Waals surface area contributed by atoms with E-state index >= 15 is 0 Å². The molecular formula is C14H11ClFN3. The predicted octanol–water partition coefficient (Wildman–Crippen LogP) is 3.97. The van der Waals surface area contributed by atoms with E-state index in [0.29, 0.717) is 6.54 Å². The first-order valence-corrected chi connectivity index (χ1v) is 6.22. The summed E-state index contributed by atoms with van der Waals surface area (Å²) >= 11 is 5.76. The maximum atomic E-state index is 13.1. The summed E-state index contributed by atoms with van der Waals surface area (Å²) in [4.78, 5) is 0. The van der Waals surface area contributed by atoms with Gasteiger partial charge in [0.2, 0.25) is 0 Å². The van der Waals surface area contributed by atoms with E-state index in [1.54, 1.807) is 18.3 Å². The highest BCUT2D eigenvalue weighted by Crippen LogP contribution is 2.22. The van der Waals surface area contributed by atoms with Gasteiger partial charge >= 0.3 is 0 Å². The van der Waals surface area contributed by atoms with Gasteiger partial charge in [0.15, 0.2) is 0 Å². The summed E-state index contributed by atoms with van der Waals surface area (Å²) in [6, 6.07) is 10.6. The third kappa shape index (κ3) is 2.39. The highest BCUT2D eigenvalue weighted by atomic mass is 35.5. The number of hydrogen-bond acceptors (Lipinski definition) is 2. The molecule has 0 unspecified atom stereocenters. The molecule has 2 aromatic carbocycles. The molecule has 19 heavy (non-hydrogen) atoms. The van der Waals surface area contributed by atoms with E-state index in [-0.39, 0.29) is 5.02 Å². The molecule has 0 spiro atoms. The van der Waals surface area contributed by atoms with E-state index in [9.17, 15) is 4.39 Å². The number of nitrogens with one attached hydrogen (secondary N) is 2. The third-order valence-electron chi connectivity index (χ3n) is 2.95. The lowest BCUT2D eigenvalue weighted by atomic mass is 10.2. The Labute approximate surface area is 114 Å². The van der Waals surface area contributed by atoms with Gasteiger partial charge in [-0.15, -0.1) is 0 Å². The zero-order valence-corrected chi connectivity index (χ0v) is 10.7. The molecule has 3 aromatic rings. The van der Waals surface area contributed by atoms with Crippen molar-refractivity contribution in [2.75, 3.05) is 5.32 Å².